The molecule has 4 nitrogen and oxygen atoms in total. The Morgan fingerprint density at radius 1 is 1.15 bits per heavy atom. The Morgan fingerprint density at radius 2 is 1.69 bits per heavy atom. The van der Waals surface area contributed by atoms with Gasteiger partial charge in [0.2, 0.25) is 0 Å². The summed E-state index contributed by atoms with van der Waals surface area (Å²) in [6, 6.07) is 4.00. The molecule has 26 heavy (non-hydrogen) atoms. The van der Waals surface area contributed by atoms with Gasteiger partial charge in [-0.3, -0.25) is 13.9 Å². The van der Waals surface area contributed by atoms with E-state index in [0.29, 0.717) is 18.6 Å². The molecule has 0 aliphatic carbocycles. The lowest BCUT2D eigenvalue weighted by molar-refractivity contribution is 0.0707. The number of rotatable bonds is 9. The number of Topliss-reactive ketones (excluding diaryl/α,β-unsaturated/α-hetero) is 1. The molecular formula is C21H35O4P. The van der Waals surface area contributed by atoms with Crippen molar-refractivity contribution in [2.45, 2.75) is 74.3 Å². The van der Waals surface area contributed by atoms with Gasteiger partial charge in [0.1, 0.15) is 6.10 Å². The minimum atomic E-state index is -2.68. The summed E-state index contributed by atoms with van der Waals surface area (Å²) in [5.41, 5.74) is 3.82. The molecule has 0 aromatic heterocycles. The van der Waals surface area contributed by atoms with E-state index in [4.69, 9.17) is 9.05 Å². The lowest BCUT2D eigenvalue weighted by atomic mass is 9.82. The van der Waals surface area contributed by atoms with Gasteiger partial charge >= 0.3 is 8.25 Å². The van der Waals surface area contributed by atoms with Gasteiger partial charge < -0.3 is 4.52 Å². The molecule has 5 heteroatoms. The topological polar surface area (TPSA) is 52.6 Å². The summed E-state index contributed by atoms with van der Waals surface area (Å²) in [5, 5.41) is 0. The number of hydrogen-bond acceptors (Lipinski definition) is 4. The molecule has 0 saturated heterocycles. The summed E-state index contributed by atoms with van der Waals surface area (Å²) in [5.74, 6) is 0.172. The number of benzene rings is 1. The van der Waals surface area contributed by atoms with Crippen molar-refractivity contribution in [2.75, 3.05) is 6.61 Å². The molecule has 148 valence electrons. The third kappa shape index (κ3) is 7.34. The van der Waals surface area contributed by atoms with Crippen molar-refractivity contribution in [3.05, 3.63) is 34.4 Å². The fourth-order valence-corrected chi connectivity index (χ4v) is 4.44. The Kier molecular flexibility index (Phi) is 8.72. The molecule has 0 spiro atoms. The third-order valence-electron chi connectivity index (χ3n) is 4.29. The highest BCUT2D eigenvalue weighted by molar-refractivity contribution is 7.33. The van der Waals surface area contributed by atoms with Crippen LogP contribution >= 0.6 is 8.25 Å². The summed E-state index contributed by atoms with van der Waals surface area (Å²) < 4.78 is 22.8. The van der Waals surface area contributed by atoms with Crippen LogP contribution in [0.3, 0.4) is 0 Å². The molecule has 0 radical (unpaired) electrons. The van der Waals surface area contributed by atoms with Crippen LogP contribution in [0, 0.1) is 32.1 Å². The SMILES string of the molecule is CCO[PH](=O)OC(CC(C)CC(C)(C)C)C(=O)c1c(C)cc(C)cc1C. The highest BCUT2D eigenvalue weighted by atomic mass is 31.1. The quantitative estimate of drug-likeness (QED) is 0.384. The van der Waals surface area contributed by atoms with E-state index >= 15 is 0 Å². The van der Waals surface area contributed by atoms with Crippen molar-refractivity contribution in [1.29, 1.82) is 0 Å². The fourth-order valence-electron chi connectivity index (χ4n) is 3.70. The zero-order valence-electron chi connectivity index (χ0n) is 17.6. The van der Waals surface area contributed by atoms with E-state index in [1.54, 1.807) is 6.92 Å². The molecule has 0 N–H and O–H groups in total. The average molecular weight is 382 g/mol. The van der Waals surface area contributed by atoms with Crippen molar-refractivity contribution in [2.24, 2.45) is 11.3 Å². The van der Waals surface area contributed by atoms with Crippen LogP contribution in [0.15, 0.2) is 12.1 Å². The van der Waals surface area contributed by atoms with Gasteiger partial charge in [-0.25, -0.2) is 0 Å². The molecule has 1 rings (SSSR count). The second-order valence-corrected chi connectivity index (χ2v) is 9.56. The third-order valence-corrected chi connectivity index (χ3v) is 5.30. The van der Waals surface area contributed by atoms with Crippen molar-refractivity contribution in [3.8, 4) is 0 Å². The largest absolute Gasteiger partial charge is 0.319 e. The molecule has 3 atom stereocenters. The number of carbonyl (C=O) groups excluding carboxylic acids is 1. The summed E-state index contributed by atoms with van der Waals surface area (Å²) in [4.78, 5) is 13.2. The number of carbonyl (C=O) groups is 1. The number of hydrogen-bond donors (Lipinski definition) is 0. The van der Waals surface area contributed by atoms with Crippen LogP contribution in [-0.4, -0.2) is 18.5 Å². The van der Waals surface area contributed by atoms with E-state index in [-0.39, 0.29) is 17.1 Å². The van der Waals surface area contributed by atoms with E-state index in [9.17, 15) is 9.36 Å². The molecule has 0 fully saturated rings. The Balaban J connectivity index is 3.11. The predicted molar refractivity (Wildman–Crippen MR) is 108 cm³/mol. The normalized spacial score (nSPS) is 15.5. The summed E-state index contributed by atoms with van der Waals surface area (Å²) >= 11 is 0. The maximum absolute atomic E-state index is 13.2. The Bertz CT molecular complexity index is 623. The molecule has 0 aliphatic rings. The van der Waals surface area contributed by atoms with Gasteiger partial charge in [-0.05, 0) is 63.0 Å². The molecule has 0 heterocycles. The molecule has 0 amide bonds. The summed E-state index contributed by atoms with van der Waals surface area (Å²) in [6.07, 6.45) is 0.749. The van der Waals surface area contributed by atoms with E-state index in [0.717, 1.165) is 23.1 Å². The van der Waals surface area contributed by atoms with Crippen LogP contribution < -0.4 is 0 Å². The smallest absolute Gasteiger partial charge is 0.311 e. The molecule has 0 saturated carbocycles. The van der Waals surface area contributed by atoms with Crippen LogP contribution in [0.25, 0.3) is 0 Å². The van der Waals surface area contributed by atoms with Crippen LogP contribution in [0.1, 0.15) is 74.5 Å². The van der Waals surface area contributed by atoms with Gasteiger partial charge in [0.25, 0.3) is 0 Å². The van der Waals surface area contributed by atoms with Crippen molar-refractivity contribution < 1.29 is 18.4 Å². The Morgan fingerprint density at radius 3 is 2.15 bits per heavy atom. The first-order chi connectivity index (χ1) is 11.9. The highest BCUT2D eigenvalue weighted by Gasteiger charge is 2.29. The maximum atomic E-state index is 13.2. The summed E-state index contributed by atoms with van der Waals surface area (Å²) in [7, 11) is -2.68. The maximum Gasteiger partial charge on any atom is 0.319 e. The predicted octanol–water partition coefficient (Wildman–Crippen LogP) is 6.07. The number of aryl methyl sites for hydroxylation is 3. The van der Waals surface area contributed by atoms with Gasteiger partial charge in [0.05, 0.1) is 6.61 Å². The van der Waals surface area contributed by atoms with E-state index in [1.807, 2.05) is 32.9 Å². The molecule has 1 aromatic carbocycles. The zero-order valence-corrected chi connectivity index (χ0v) is 18.6. The minimum Gasteiger partial charge on any atom is -0.311 e. The van der Waals surface area contributed by atoms with E-state index in [2.05, 4.69) is 27.7 Å². The molecule has 0 aliphatic heterocycles. The fraction of sp³-hybridized carbons (Fsp3) is 0.667. The molecule has 1 aromatic rings. The van der Waals surface area contributed by atoms with Gasteiger partial charge in [-0.2, -0.15) is 0 Å². The van der Waals surface area contributed by atoms with Gasteiger partial charge in [0.15, 0.2) is 5.78 Å². The molecule has 3 unspecified atom stereocenters. The first kappa shape index (κ1) is 23.1. The minimum absolute atomic E-state index is 0.0983. The van der Waals surface area contributed by atoms with Crippen molar-refractivity contribution in [3.63, 3.8) is 0 Å². The van der Waals surface area contributed by atoms with Gasteiger partial charge in [0, 0.05) is 5.56 Å². The van der Waals surface area contributed by atoms with Crippen LogP contribution in [0.2, 0.25) is 0 Å². The van der Waals surface area contributed by atoms with Crippen LogP contribution in [0.4, 0.5) is 0 Å². The van der Waals surface area contributed by atoms with Crippen LogP contribution in [-0.2, 0) is 13.6 Å². The van der Waals surface area contributed by atoms with Crippen molar-refractivity contribution >= 4 is 14.0 Å². The molecule has 0 bridgehead atoms. The van der Waals surface area contributed by atoms with Crippen molar-refractivity contribution in [1.82, 2.24) is 0 Å². The zero-order chi connectivity index (χ0) is 20.1. The van der Waals surface area contributed by atoms with Gasteiger partial charge in [-0.1, -0.05) is 45.4 Å². The Hall–Kier alpha value is -0.960. The lowest BCUT2D eigenvalue weighted by Gasteiger charge is -2.26. The second kappa shape index (κ2) is 9.82. The average Bonchev–Trinajstić information content (AvgIpc) is 2.43. The first-order valence-electron chi connectivity index (χ1n) is 9.40. The number of ketones is 1. The van der Waals surface area contributed by atoms with E-state index < -0.39 is 14.4 Å². The first-order valence-corrected chi connectivity index (χ1v) is 10.6. The van der Waals surface area contributed by atoms with Gasteiger partial charge in [-0.15, -0.1) is 0 Å². The standard InChI is InChI=1S/C21H35O4P/c1-9-24-26(23)25-18(12-15(3)13-21(6,7)8)20(22)19-16(4)10-14(2)11-17(19)5/h10-11,15,18,26H,9,12-13H2,1-8H3. The molecular weight excluding hydrogens is 347 g/mol. The Labute approximate surface area is 159 Å². The monoisotopic (exact) mass is 382 g/mol. The summed E-state index contributed by atoms with van der Waals surface area (Å²) in [6.45, 7) is 16.6. The second-order valence-electron chi connectivity index (χ2n) is 8.53. The lowest BCUT2D eigenvalue weighted by Crippen LogP contribution is -2.27. The highest BCUT2D eigenvalue weighted by Crippen LogP contribution is 2.34. The van der Waals surface area contributed by atoms with Crippen LogP contribution in [0.5, 0.6) is 0 Å². The van der Waals surface area contributed by atoms with E-state index in [1.165, 1.54) is 0 Å².